The zero-order valence-electron chi connectivity index (χ0n) is 12.1. The Bertz CT molecular complexity index is 625. The molecule has 2 aromatic rings. The normalized spacial score (nSPS) is 19.7. The Balaban J connectivity index is 1.55. The summed E-state index contributed by atoms with van der Waals surface area (Å²) in [7, 11) is 0. The van der Waals surface area contributed by atoms with E-state index in [4.69, 9.17) is 0 Å². The number of aromatic nitrogens is 1. The maximum absolute atomic E-state index is 4.63. The van der Waals surface area contributed by atoms with Crippen LogP contribution in [0.3, 0.4) is 0 Å². The van der Waals surface area contributed by atoms with E-state index in [-0.39, 0.29) is 0 Å². The maximum atomic E-state index is 4.63. The molecule has 1 aromatic heterocycles. The van der Waals surface area contributed by atoms with E-state index in [1.807, 2.05) is 25.1 Å². The summed E-state index contributed by atoms with van der Waals surface area (Å²) in [5.41, 5.74) is 3.44. The lowest BCUT2D eigenvalue weighted by Gasteiger charge is -2.09. The average Bonchev–Trinajstić information content (AvgIpc) is 2.94. The van der Waals surface area contributed by atoms with Gasteiger partial charge in [0.1, 0.15) is 0 Å². The number of nitrogens with one attached hydrogen (secondary N) is 1. The molecule has 2 heterocycles. The van der Waals surface area contributed by atoms with E-state index in [2.05, 4.69) is 45.6 Å². The third-order valence-electron chi connectivity index (χ3n) is 3.40. The van der Waals surface area contributed by atoms with E-state index in [1.54, 1.807) is 11.8 Å². The average molecular weight is 297 g/mol. The van der Waals surface area contributed by atoms with Gasteiger partial charge in [0.2, 0.25) is 0 Å². The highest BCUT2D eigenvalue weighted by Gasteiger charge is 2.20. The van der Waals surface area contributed by atoms with Crippen LogP contribution in [0.4, 0.5) is 0 Å². The molecule has 4 heteroatoms. The van der Waals surface area contributed by atoms with Gasteiger partial charge in [-0.05, 0) is 31.0 Å². The lowest BCUT2D eigenvalue weighted by molar-refractivity contribution is 0.686. The summed E-state index contributed by atoms with van der Waals surface area (Å²) in [4.78, 5) is 9.11. The number of thioether (sulfide) groups is 1. The van der Waals surface area contributed by atoms with Gasteiger partial charge in [0.25, 0.3) is 0 Å². The summed E-state index contributed by atoms with van der Waals surface area (Å²) in [6, 6.07) is 17.1. The van der Waals surface area contributed by atoms with Crippen molar-refractivity contribution in [3.63, 3.8) is 0 Å². The summed E-state index contributed by atoms with van der Waals surface area (Å²) in [5, 5.41) is 4.55. The summed E-state index contributed by atoms with van der Waals surface area (Å²) in [5.74, 6) is 1.08. The van der Waals surface area contributed by atoms with E-state index in [0.29, 0.717) is 12.6 Å². The molecule has 1 N–H and O–H groups in total. The van der Waals surface area contributed by atoms with Gasteiger partial charge in [0.15, 0.2) is 5.17 Å². The molecule has 0 saturated carbocycles. The van der Waals surface area contributed by atoms with Crippen LogP contribution in [-0.4, -0.2) is 21.9 Å². The number of aliphatic imine (C=N–C) groups is 1. The second-order valence-corrected chi connectivity index (χ2v) is 6.24. The summed E-state index contributed by atoms with van der Waals surface area (Å²) >= 11 is 1.80. The first kappa shape index (κ1) is 14.1. The number of hydrogen-bond donors (Lipinski definition) is 1. The zero-order valence-corrected chi connectivity index (χ0v) is 12.9. The lowest BCUT2D eigenvalue weighted by Crippen LogP contribution is -2.29. The van der Waals surface area contributed by atoms with Gasteiger partial charge in [0.05, 0.1) is 12.2 Å². The standard InChI is InChI=1S/C17H19N3S/c1-13-6-5-9-15(19-13)11-18-17-20-16(12-21-17)10-14-7-3-2-4-8-14/h2-9,16H,10-12H2,1H3,(H,18,20). The van der Waals surface area contributed by atoms with Gasteiger partial charge >= 0.3 is 0 Å². The van der Waals surface area contributed by atoms with Crippen LogP contribution in [0.15, 0.2) is 53.5 Å². The van der Waals surface area contributed by atoms with Crippen LogP contribution >= 0.6 is 11.8 Å². The first-order valence-electron chi connectivity index (χ1n) is 7.20. The molecule has 3 rings (SSSR count). The first-order valence-corrected chi connectivity index (χ1v) is 8.18. The Morgan fingerprint density at radius 3 is 2.86 bits per heavy atom. The van der Waals surface area contributed by atoms with Crippen molar-refractivity contribution in [3.05, 3.63) is 65.5 Å². The molecular weight excluding hydrogens is 278 g/mol. The van der Waals surface area contributed by atoms with Gasteiger partial charge < -0.3 is 5.32 Å². The molecule has 1 aromatic carbocycles. The van der Waals surface area contributed by atoms with Crippen LogP contribution in [-0.2, 0) is 13.0 Å². The van der Waals surface area contributed by atoms with E-state index in [1.165, 1.54) is 5.56 Å². The molecule has 0 radical (unpaired) electrons. The molecular formula is C17H19N3S. The molecule has 0 bridgehead atoms. The van der Waals surface area contributed by atoms with Gasteiger partial charge in [-0.3, -0.25) is 9.98 Å². The molecule has 108 valence electrons. The van der Waals surface area contributed by atoms with Crippen molar-refractivity contribution in [3.8, 4) is 0 Å². The van der Waals surface area contributed by atoms with E-state index < -0.39 is 0 Å². The zero-order chi connectivity index (χ0) is 14.5. The van der Waals surface area contributed by atoms with Gasteiger partial charge in [-0.1, -0.05) is 48.2 Å². The monoisotopic (exact) mass is 297 g/mol. The molecule has 21 heavy (non-hydrogen) atoms. The van der Waals surface area contributed by atoms with Crippen LogP contribution in [0.1, 0.15) is 17.0 Å². The smallest absolute Gasteiger partial charge is 0.157 e. The SMILES string of the molecule is Cc1cccc(CN=C2NC(Cc3ccccc3)CS2)n1. The molecule has 3 nitrogen and oxygen atoms in total. The second kappa shape index (κ2) is 6.76. The van der Waals surface area contributed by atoms with Crippen LogP contribution in [0.25, 0.3) is 0 Å². The highest BCUT2D eigenvalue weighted by molar-refractivity contribution is 8.14. The largest absolute Gasteiger partial charge is 0.361 e. The molecule has 0 spiro atoms. The van der Waals surface area contributed by atoms with Crippen molar-refractivity contribution in [2.24, 2.45) is 4.99 Å². The van der Waals surface area contributed by atoms with Crippen molar-refractivity contribution in [1.82, 2.24) is 10.3 Å². The molecule has 1 fully saturated rings. The minimum Gasteiger partial charge on any atom is -0.361 e. The van der Waals surface area contributed by atoms with Gasteiger partial charge in [-0.25, -0.2) is 0 Å². The minimum atomic E-state index is 0.474. The fourth-order valence-corrected chi connectivity index (χ4v) is 3.34. The molecule has 1 aliphatic heterocycles. The number of benzene rings is 1. The molecule has 0 aliphatic carbocycles. The van der Waals surface area contributed by atoms with Crippen molar-refractivity contribution >= 4 is 16.9 Å². The maximum Gasteiger partial charge on any atom is 0.157 e. The topological polar surface area (TPSA) is 37.3 Å². The van der Waals surface area contributed by atoms with Crippen LogP contribution in [0, 0.1) is 6.92 Å². The summed E-state index contributed by atoms with van der Waals surface area (Å²) in [6.45, 7) is 2.66. The Hall–Kier alpha value is -1.81. The molecule has 1 saturated heterocycles. The van der Waals surface area contributed by atoms with Crippen LogP contribution in [0.5, 0.6) is 0 Å². The predicted octanol–water partition coefficient (Wildman–Crippen LogP) is 3.19. The Morgan fingerprint density at radius 1 is 1.19 bits per heavy atom. The number of nitrogens with zero attached hydrogens (tertiary/aromatic N) is 2. The third-order valence-corrected chi connectivity index (χ3v) is 4.49. The highest BCUT2D eigenvalue weighted by Crippen LogP contribution is 2.17. The number of amidine groups is 1. The third kappa shape index (κ3) is 4.08. The number of hydrogen-bond acceptors (Lipinski definition) is 3. The highest BCUT2D eigenvalue weighted by atomic mass is 32.2. The van der Waals surface area contributed by atoms with E-state index in [0.717, 1.165) is 28.7 Å². The van der Waals surface area contributed by atoms with Gasteiger partial charge in [-0.15, -0.1) is 0 Å². The van der Waals surface area contributed by atoms with Crippen LogP contribution in [0.2, 0.25) is 0 Å². The van der Waals surface area contributed by atoms with E-state index in [9.17, 15) is 0 Å². The van der Waals surface area contributed by atoms with Crippen molar-refractivity contribution in [2.75, 3.05) is 5.75 Å². The fourth-order valence-electron chi connectivity index (χ4n) is 2.38. The van der Waals surface area contributed by atoms with Crippen LogP contribution < -0.4 is 5.32 Å². The predicted molar refractivity (Wildman–Crippen MR) is 89.6 cm³/mol. The summed E-state index contributed by atoms with van der Waals surface area (Å²) < 4.78 is 0. The molecule has 0 amide bonds. The van der Waals surface area contributed by atoms with Gasteiger partial charge in [-0.2, -0.15) is 0 Å². The number of aryl methyl sites for hydroxylation is 1. The number of pyridine rings is 1. The van der Waals surface area contributed by atoms with Crippen molar-refractivity contribution < 1.29 is 0 Å². The second-order valence-electron chi connectivity index (χ2n) is 5.23. The quantitative estimate of drug-likeness (QED) is 0.941. The lowest BCUT2D eigenvalue weighted by atomic mass is 10.1. The summed E-state index contributed by atoms with van der Waals surface area (Å²) in [6.07, 6.45) is 1.05. The molecule has 1 unspecified atom stereocenters. The Morgan fingerprint density at radius 2 is 2.05 bits per heavy atom. The molecule has 1 aliphatic rings. The van der Waals surface area contributed by atoms with E-state index >= 15 is 0 Å². The number of rotatable bonds is 4. The first-order chi connectivity index (χ1) is 10.3. The van der Waals surface area contributed by atoms with Gasteiger partial charge in [0, 0.05) is 17.5 Å². The fraction of sp³-hybridized carbons (Fsp3) is 0.294. The van der Waals surface area contributed by atoms with Crippen molar-refractivity contribution in [2.45, 2.75) is 25.9 Å². The Labute approximate surface area is 129 Å². The van der Waals surface area contributed by atoms with Crippen molar-refractivity contribution in [1.29, 1.82) is 0 Å². The Kier molecular flexibility index (Phi) is 4.55. The molecule has 1 atom stereocenters. The minimum absolute atomic E-state index is 0.474.